The van der Waals surface area contributed by atoms with Crippen molar-refractivity contribution in [1.29, 1.82) is 0 Å². The highest BCUT2D eigenvalue weighted by Gasteiger charge is 2.35. The van der Waals surface area contributed by atoms with Crippen LogP contribution in [0.2, 0.25) is 0 Å². The van der Waals surface area contributed by atoms with Gasteiger partial charge in [0.15, 0.2) is 5.11 Å². The molecule has 3 aromatic carbocycles. The number of ether oxygens (including phenoxy) is 1. The van der Waals surface area contributed by atoms with E-state index in [1.54, 1.807) is 48.6 Å². The summed E-state index contributed by atoms with van der Waals surface area (Å²) in [6, 6.07) is 18.7. The number of fused-ring (bicyclic) bond motifs is 1. The molecule has 0 atom stereocenters. The highest BCUT2D eigenvalue weighted by atomic mass is 32.1. The van der Waals surface area contributed by atoms with Crippen molar-refractivity contribution < 1.29 is 14.5 Å². The SMILES string of the molecule is COc1ccc(C=NNC(=S)Nc2ccc(N=C3C(=O)N(CN(C)C)c4ccc([N+](=O)[O-])cc43)cc2)cc1. The lowest BCUT2D eigenvalue weighted by molar-refractivity contribution is -0.384. The van der Waals surface area contributed by atoms with Gasteiger partial charge in [0.2, 0.25) is 0 Å². The number of hydrogen-bond acceptors (Lipinski definition) is 8. The van der Waals surface area contributed by atoms with Crippen LogP contribution in [0.3, 0.4) is 0 Å². The predicted octanol–water partition coefficient (Wildman–Crippen LogP) is 3.91. The molecule has 194 valence electrons. The van der Waals surface area contributed by atoms with E-state index in [4.69, 9.17) is 17.0 Å². The zero-order valence-electron chi connectivity index (χ0n) is 20.9. The van der Waals surface area contributed by atoms with Gasteiger partial charge in [0.25, 0.3) is 11.6 Å². The molecule has 0 saturated carbocycles. The van der Waals surface area contributed by atoms with Crippen molar-refractivity contribution in [3.63, 3.8) is 0 Å². The maximum absolute atomic E-state index is 13.2. The first-order valence-corrected chi connectivity index (χ1v) is 11.8. The van der Waals surface area contributed by atoms with Gasteiger partial charge in [0.1, 0.15) is 11.5 Å². The molecular weight excluding hydrogens is 506 g/mol. The standard InChI is InChI=1S/C26H25N7O4S/c1-31(2)16-32-23-13-10-20(33(35)36)14-22(23)24(25(32)34)28-18-6-8-19(9-7-18)29-26(38)30-27-15-17-4-11-21(37-3)12-5-17/h4-15H,16H2,1-3H3,(H2,29,30,38). The summed E-state index contributed by atoms with van der Waals surface area (Å²) >= 11 is 5.29. The lowest BCUT2D eigenvalue weighted by atomic mass is 10.1. The molecule has 0 aromatic heterocycles. The maximum Gasteiger partial charge on any atom is 0.278 e. The Labute approximate surface area is 224 Å². The van der Waals surface area contributed by atoms with E-state index in [1.165, 1.54) is 12.1 Å². The van der Waals surface area contributed by atoms with Crippen LogP contribution in [0.4, 0.5) is 22.7 Å². The van der Waals surface area contributed by atoms with Gasteiger partial charge in [0, 0.05) is 23.4 Å². The smallest absolute Gasteiger partial charge is 0.278 e. The van der Waals surface area contributed by atoms with Gasteiger partial charge >= 0.3 is 0 Å². The third-order valence-corrected chi connectivity index (χ3v) is 5.66. The van der Waals surface area contributed by atoms with Gasteiger partial charge in [-0.25, -0.2) is 4.99 Å². The van der Waals surface area contributed by atoms with Crippen molar-refractivity contribution in [1.82, 2.24) is 10.3 Å². The second-order valence-corrected chi connectivity index (χ2v) is 8.93. The van der Waals surface area contributed by atoms with Crippen molar-refractivity contribution in [2.45, 2.75) is 0 Å². The van der Waals surface area contributed by atoms with E-state index in [-0.39, 0.29) is 17.3 Å². The number of nitrogens with zero attached hydrogens (tertiary/aromatic N) is 5. The highest BCUT2D eigenvalue weighted by Crippen LogP contribution is 2.34. The Hall–Kier alpha value is -4.68. The summed E-state index contributed by atoms with van der Waals surface area (Å²) in [6.07, 6.45) is 1.63. The fourth-order valence-corrected chi connectivity index (χ4v) is 3.88. The first-order valence-electron chi connectivity index (χ1n) is 11.4. The van der Waals surface area contributed by atoms with Gasteiger partial charge in [0.05, 0.1) is 36.3 Å². The molecule has 0 bridgehead atoms. The molecule has 3 aromatic rings. The maximum atomic E-state index is 13.2. The van der Waals surface area contributed by atoms with Gasteiger partial charge in [-0.3, -0.25) is 30.1 Å². The Bertz CT molecular complexity index is 1420. The van der Waals surface area contributed by atoms with E-state index in [0.29, 0.717) is 34.4 Å². The minimum absolute atomic E-state index is 0.105. The topological polar surface area (TPSA) is 125 Å². The Morgan fingerprint density at radius 1 is 1.13 bits per heavy atom. The molecule has 12 heteroatoms. The number of nitro benzene ring substituents is 1. The van der Waals surface area contributed by atoms with Crippen molar-refractivity contribution in [2.75, 3.05) is 38.1 Å². The van der Waals surface area contributed by atoms with Crippen LogP contribution in [-0.2, 0) is 4.79 Å². The first-order chi connectivity index (χ1) is 18.2. The van der Waals surface area contributed by atoms with E-state index in [1.807, 2.05) is 43.3 Å². The monoisotopic (exact) mass is 531 g/mol. The largest absolute Gasteiger partial charge is 0.497 e. The number of anilines is 2. The van der Waals surface area contributed by atoms with Crippen LogP contribution in [0.15, 0.2) is 76.8 Å². The molecule has 1 aliphatic rings. The number of carbonyl (C=O) groups excluding carboxylic acids is 1. The quantitative estimate of drug-likeness (QED) is 0.194. The highest BCUT2D eigenvalue weighted by molar-refractivity contribution is 7.80. The van der Waals surface area contributed by atoms with Crippen molar-refractivity contribution in [3.8, 4) is 5.75 Å². The van der Waals surface area contributed by atoms with Crippen molar-refractivity contribution in [2.24, 2.45) is 10.1 Å². The van der Waals surface area contributed by atoms with E-state index >= 15 is 0 Å². The summed E-state index contributed by atoms with van der Waals surface area (Å²) in [5, 5.41) is 18.8. The predicted molar refractivity (Wildman–Crippen MR) is 152 cm³/mol. The summed E-state index contributed by atoms with van der Waals surface area (Å²) < 4.78 is 5.13. The van der Waals surface area contributed by atoms with Gasteiger partial charge in [-0.1, -0.05) is 0 Å². The number of aliphatic imine (C=N–C) groups is 1. The van der Waals surface area contributed by atoms with Crippen molar-refractivity contribution >= 4 is 57.9 Å². The number of nitro groups is 1. The molecule has 1 amide bonds. The van der Waals surface area contributed by atoms with Crippen LogP contribution in [-0.4, -0.2) is 60.6 Å². The van der Waals surface area contributed by atoms with Crippen LogP contribution in [0.5, 0.6) is 5.75 Å². The van der Waals surface area contributed by atoms with Crippen LogP contribution in [0.1, 0.15) is 11.1 Å². The number of nitrogens with one attached hydrogen (secondary N) is 2. The third kappa shape index (κ3) is 6.17. The van der Waals surface area contributed by atoms with Gasteiger partial charge in [-0.2, -0.15) is 5.10 Å². The molecule has 0 radical (unpaired) electrons. The summed E-state index contributed by atoms with van der Waals surface area (Å²) in [7, 11) is 5.28. The molecule has 1 aliphatic heterocycles. The van der Waals surface area contributed by atoms with Crippen molar-refractivity contribution in [3.05, 3.63) is 88.0 Å². The Morgan fingerprint density at radius 2 is 1.84 bits per heavy atom. The lowest BCUT2D eigenvalue weighted by Crippen LogP contribution is -2.37. The Morgan fingerprint density at radius 3 is 2.47 bits per heavy atom. The second kappa shape index (κ2) is 11.6. The number of amides is 1. The molecule has 0 spiro atoms. The number of benzene rings is 3. The summed E-state index contributed by atoms with van der Waals surface area (Å²) in [4.78, 5) is 31.9. The molecule has 4 rings (SSSR count). The Kier molecular flexibility index (Phi) is 8.04. The van der Waals surface area contributed by atoms with Crippen LogP contribution in [0, 0.1) is 10.1 Å². The fourth-order valence-electron chi connectivity index (χ4n) is 3.71. The molecular formula is C26H25N7O4S. The van der Waals surface area contributed by atoms with Gasteiger partial charge in [-0.05, 0) is 86.5 Å². The minimum Gasteiger partial charge on any atom is -0.497 e. The van der Waals surface area contributed by atoms with Gasteiger partial charge in [-0.15, -0.1) is 0 Å². The van der Waals surface area contributed by atoms with E-state index in [0.717, 1.165) is 11.3 Å². The number of rotatable bonds is 8. The second-order valence-electron chi connectivity index (χ2n) is 8.52. The zero-order chi connectivity index (χ0) is 27.2. The Balaban J connectivity index is 1.46. The number of non-ortho nitro benzene ring substituents is 1. The van der Waals surface area contributed by atoms with Crippen LogP contribution >= 0.6 is 12.2 Å². The zero-order valence-corrected chi connectivity index (χ0v) is 21.7. The molecule has 11 nitrogen and oxygen atoms in total. The molecule has 1 heterocycles. The number of carbonyl (C=O) groups is 1. The summed E-state index contributed by atoms with van der Waals surface area (Å²) in [6.45, 7) is 0.316. The molecule has 0 fully saturated rings. The number of thiocarbonyl (C=S) groups is 1. The van der Waals surface area contributed by atoms with Crippen LogP contribution < -0.4 is 20.4 Å². The lowest BCUT2D eigenvalue weighted by Gasteiger charge is -2.21. The first kappa shape index (κ1) is 26.4. The molecule has 0 saturated heterocycles. The van der Waals surface area contributed by atoms with E-state index in [9.17, 15) is 14.9 Å². The summed E-state index contributed by atoms with van der Waals surface area (Å²) in [5.41, 5.74) is 5.88. The number of hydrazone groups is 1. The third-order valence-electron chi connectivity index (χ3n) is 5.47. The molecule has 2 N–H and O–H groups in total. The van der Waals surface area contributed by atoms with E-state index in [2.05, 4.69) is 20.8 Å². The average Bonchev–Trinajstić information content (AvgIpc) is 3.15. The molecule has 0 aliphatic carbocycles. The number of hydrogen-bond donors (Lipinski definition) is 2. The van der Waals surface area contributed by atoms with Crippen LogP contribution in [0.25, 0.3) is 0 Å². The summed E-state index contributed by atoms with van der Waals surface area (Å²) in [5.74, 6) is 0.436. The fraction of sp³-hybridized carbons (Fsp3) is 0.154. The van der Waals surface area contributed by atoms with E-state index < -0.39 is 4.92 Å². The number of methoxy groups -OCH3 is 1. The minimum atomic E-state index is -0.491. The molecule has 38 heavy (non-hydrogen) atoms. The average molecular weight is 532 g/mol. The molecule has 0 unspecified atom stereocenters. The normalized spacial score (nSPS) is 13.7. The van der Waals surface area contributed by atoms with Gasteiger partial charge < -0.3 is 10.1 Å².